The van der Waals surface area contributed by atoms with E-state index in [1.54, 1.807) is 18.1 Å². The highest BCUT2D eigenvalue weighted by Gasteiger charge is 2.24. The average Bonchev–Trinajstić information content (AvgIpc) is 2.96. The standard InChI is InChI=1S/C33H39ClN4OS/c1-24(26-11-6-5-7-12-26)21-33(39)38(20-10-19-35-25(2)37(3)4)29-18-17-27-13-8-16-32(31(27)23-29)36-40-30-15-9-14-28(34)22-30/h5-7,9-12,14-15,17-19,22-24,32,36H,8,13,16,20-21H2,1-4H3/b19-10+,35-25?/t24-,32?/m0/s1. The molecular formula is C33H39ClN4OS. The van der Waals surface area contributed by atoms with E-state index in [0.29, 0.717) is 13.0 Å². The molecule has 1 aliphatic rings. The van der Waals surface area contributed by atoms with Crippen molar-refractivity contribution in [1.82, 2.24) is 9.62 Å². The lowest BCUT2D eigenvalue weighted by molar-refractivity contribution is -0.118. The maximum Gasteiger partial charge on any atom is 0.227 e. The van der Waals surface area contributed by atoms with Gasteiger partial charge < -0.3 is 9.80 Å². The molecule has 5 nitrogen and oxygen atoms in total. The summed E-state index contributed by atoms with van der Waals surface area (Å²) in [6.07, 6.45) is 7.40. The van der Waals surface area contributed by atoms with Crippen molar-refractivity contribution in [1.29, 1.82) is 0 Å². The van der Waals surface area contributed by atoms with Gasteiger partial charge in [-0.15, -0.1) is 0 Å². The van der Waals surface area contributed by atoms with Gasteiger partial charge in [-0.25, -0.2) is 4.99 Å². The summed E-state index contributed by atoms with van der Waals surface area (Å²) in [5.74, 6) is 1.13. The zero-order valence-corrected chi connectivity index (χ0v) is 25.4. The first-order chi connectivity index (χ1) is 19.3. The van der Waals surface area contributed by atoms with E-state index in [1.807, 2.05) is 73.3 Å². The van der Waals surface area contributed by atoms with Gasteiger partial charge in [0.15, 0.2) is 0 Å². The van der Waals surface area contributed by atoms with Crippen LogP contribution in [-0.2, 0) is 11.2 Å². The number of aliphatic imine (C=N–C) groups is 1. The van der Waals surface area contributed by atoms with E-state index in [9.17, 15) is 4.79 Å². The Hall–Kier alpha value is -3.06. The van der Waals surface area contributed by atoms with Gasteiger partial charge in [0.2, 0.25) is 5.91 Å². The second kappa shape index (κ2) is 14.5. The van der Waals surface area contributed by atoms with Crippen LogP contribution in [0.5, 0.6) is 0 Å². The number of hydrogen-bond donors (Lipinski definition) is 1. The highest BCUT2D eigenvalue weighted by molar-refractivity contribution is 7.97. The normalized spacial score (nSPS) is 16.0. The monoisotopic (exact) mass is 574 g/mol. The van der Waals surface area contributed by atoms with Gasteiger partial charge in [0.05, 0.1) is 0 Å². The molecule has 0 heterocycles. The molecule has 1 unspecified atom stereocenters. The molecule has 0 saturated heterocycles. The molecule has 1 aliphatic carbocycles. The van der Waals surface area contributed by atoms with Crippen LogP contribution in [0.3, 0.4) is 0 Å². The first-order valence-corrected chi connectivity index (χ1v) is 15.0. The number of amidine groups is 1. The summed E-state index contributed by atoms with van der Waals surface area (Å²) in [5.41, 5.74) is 4.69. The van der Waals surface area contributed by atoms with Crippen LogP contribution >= 0.6 is 23.5 Å². The zero-order chi connectivity index (χ0) is 28.5. The molecular weight excluding hydrogens is 536 g/mol. The van der Waals surface area contributed by atoms with Gasteiger partial charge in [0.1, 0.15) is 5.84 Å². The van der Waals surface area contributed by atoms with E-state index in [1.165, 1.54) is 16.7 Å². The van der Waals surface area contributed by atoms with Gasteiger partial charge in [-0.2, -0.15) is 0 Å². The zero-order valence-electron chi connectivity index (χ0n) is 23.8. The van der Waals surface area contributed by atoms with Crippen molar-refractivity contribution < 1.29 is 4.79 Å². The van der Waals surface area contributed by atoms with Crippen LogP contribution in [0.1, 0.15) is 61.8 Å². The van der Waals surface area contributed by atoms with Gasteiger partial charge in [0.25, 0.3) is 0 Å². The minimum Gasteiger partial charge on any atom is -0.366 e. The molecule has 0 spiro atoms. The smallest absolute Gasteiger partial charge is 0.227 e. The highest BCUT2D eigenvalue weighted by atomic mass is 35.5. The van der Waals surface area contributed by atoms with E-state index < -0.39 is 0 Å². The number of rotatable bonds is 10. The predicted molar refractivity (Wildman–Crippen MR) is 170 cm³/mol. The summed E-state index contributed by atoms with van der Waals surface area (Å²) >= 11 is 7.81. The number of fused-ring (bicyclic) bond motifs is 1. The maximum atomic E-state index is 13.8. The molecule has 0 radical (unpaired) electrons. The van der Waals surface area contributed by atoms with E-state index in [2.05, 4.69) is 53.0 Å². The Balaban J connectivity index is 1.57. The number of amides is 1. The van der Waals surface area contributed by atoms with Crippen molar-refractivity contribution in [2.45, 2.75) is 56.4 Å². The summed E-state index contributed by atoms with van der Waals surface area (Å²) in [6, 6.07) is 24.8. The molecule has 0 aliphatic heterocycles. The molecule has 210 valence electrons. The predicted octanol–water partition coefficient (Wildman–Crippen LogP) is 8.03. The number of halogens is 1. The van der Waals surface area contributed by atoms with E-state index in [0.717, 1.165) is 40.7 Å². The molecule has 0 bridgehead atoms. The Morgan fingerprint density at radius 3 is 2.67 bits per heavy atom. The Morgan fingerprint density at radius 2 is 1.93 bits per heavy atom. The third-order valence-corrected chi connectivity index (χ3v) is 8.45. The van der Waals surface area contributed by atoms with Gasteiger partial charge in [0, 0.05) is 54.9 Å². The van der Waals surface area contributed by atoms with Crippen LogP contribution in [0.15, 0.2) is 95.0 Å². The summed E-state index contributed by atoms with van der Waals surface area (Å²) in [4.78, 5) is 23.2. The Kier molecular flexibility index (Phi) is 10.9. The van der Waals surface area contributed by atoms with Crippen LogP contribution in [-0.4, -0.2) is 37.3 Å². The Morgan fingerprint density at radius 1 is 1.12 bits per heavy atom. The first-order valence-electron chi connectivity index (χ1n) is 13.8. The topological polar surface area (TPSA) is 47.9 Å². The van der Waals surface area contributed by atoms with Crippen molar-refractivity contribution in [2.75, 3.05) is 25.5 Å². The van der Waals surface area contributed by atoms with Crippen molar-refractivity contribution in [3.8, 4) is 0 Å². The minimum atomic E-state index is 0.0999. The van der Waals surface area contributed by atoms with Crippen molar-refractivity contribution in [3.63, 3.8) is 0 Å². The van der Waals surface area contributed by atoms with Crippen LogP contribution in [0.2, 0.25) is 5.02 Å². The van der Waals surface area contributed by atoms with Gasteiger partial charge >= 0.3 is 0 Å². The van der Waals surface area contributed by atoms with Crippen LogP contribution in [0, 0.1) is 0 Å². The molecule has 7 heteroatoms. The molecule has 0 aromatic heterocycles. The summed E-state index contributed by atoms with van der Waals surface area (Å²) in [7, 11) is 3.94. The number of carbonyl (C=O) groups excluding carboxylic acids is 1. The summed E-state index contributed by atoms with van der Waals surface area (Å²) in [6.45, 7) is 4.54. The number of benzene rings is 3. The molecule has 1 amide bonds. The van der Waals surface area contributed by atoms with Crippen molar-refractivity contribution >= 4 is 41.0 Å². The molecule has 3 aromatic rings. The third kappa shape index (κ3) is 8.23. The van der Waals surface area contributed by atoms with Gasteiger partial charge in [-0.1, -0.05) is 61.0 Å². The van der Waals surface area contributed by atoms with Crippen LogP contribution < -0.4 is 9.62 Å². The second-order valence-electron chi connectivity index (χ2n) is 10.5. The lowest BCUT2D eigenvalue weighted by Gasteiger charge is -2.29. The Bertz CT molecular complexity index is 1340. The number of anilines is 1. The summed E-state index contributed by atoms with van der Waals surface area (Å²) < 4.78 is 3.66. The van der Waals surface area contributed by atoms with E-state index in [-0.39, 0.29) is 17.9 Å². The highest BCUT2D eigenvalue weighted by Crippen LogP contribution is 2.35. The number of hydrogen-bond acceptors (Lipinski definition) is 4. The third-order valence-electron chi connectivity index (χ3n) is 7.32. The fraction of sp³-hybridized carbons (Fsp3) is 0.333. The van der Waals surface area contributed by atoms with Gasteiger partial charge in [-0.3, -0.25) is 9.52 Å². The number of carbonyl (C=O) groups is 1. The molecule has 0 saturated carbocycles. The average molecular weight is 575 g/mol. The molecule has 2 atom stereocenters. The summed E-state index contributed by atoms with van der Waals surface area (Å²) in [5, 5.41) is 0.732. The molecule has 0 fully saturated rings. The van der Waals surface area contributed by atoms with E-state index in [4.69, 9.17) is 11.6 Å². The van der Waals surface area contributed by atoms with Crippen LogP contribution in [0.25, 0.3) is 0 Å². The SMILES string of the molecule is CC(=N/C=C/CN(C(=O)C[C@H](C)c1ccccc1)c1ccc2c(c1)C(NSc1cccc(Cl)c1)CCC2)N(C)C. The minimum absolute atomic E-state index is 0.0999. The molecule has 4 rings (SSSR count). The quantitative estimate of drug-likeness (QED) is 0.151. The van der Waals surface area contributed by atoms with Crippen molar-refractivity contribution in [3.05, 3.63) is 107 Å². The first kappa shape index (κ1) is 29.9. The number of nitrogens with zero attached hydrogens (tertiary/aromatic N) is 3. The second-order valence-corrected chi connectivity index (χ2v) is 11.8. The fourth-order valence-corrected chi connectivity index (χ4v) is 5.91. The lowest BCUT2D eigenvalue weighted by Crippen LogP contribution is -2.32. The van der Waals surface area contributed by atoms with Crippen LogP contribution in [0.4, 0.5) is 5.69 Å². The van der Waals surface area contributed by atoms with Gasteiger partial charge in [-0.05, 0) is 97.2 Å². The lowest BCUT2D eigenvalue weighted by atomic mass is 9.87. The van der Waals surface area contributed by atoms with E-state index >= 15 is 0 Å². The molecule has 1 N–H and O–H groups in total. The maximum absolute atomic E-state index is 13.8. The molecule has 40 heavy (non-hydrogen) atoms. The number of nitrogens with one attached hydrogen (secondary N) is 1. The van der Waals surface area contributed by atoms with Crippen molar-refractivity contribution in [2.24, 2.45) is 4.99 Å². The number of aryl methyl sites for hydroxylation is 1. The fourth-order valence-electron chi connectivity index (χ4n) is 4.80. The largest absolute Gasteiger partial charge is 0.366 e. The molecule has 3 aromatic carbocycles. The Labute approximate surface area is 248 Å².